The molecule has 0 saturated carbocycles. The molecule has 0 aliphatic carbocycles. The monoisotopic (exact) mass is 209 g/mol. The second-order valence-corrected chi connectivity index (χ2v) is 3.03. The lowest BCUT2D eigenvalue weighted by Gasteiger charge is -2.02. The van der Waals surface area contributed by atoms with Crippen molar-refractivity contribution in [3.8, 4) is 0 Å². The second-order valence-electron chi connectivity index (χ2n) is 1.88. The molecule has 1 heterocycles. The van der Waals surface area contributed by atoms with Gasteiger partial charge in [-0.05, 0) is 9.65 Å². The van der Waals surface area contributed by atoms with Gasteiger partial charge >= 0.3 is 13.8 Å². The van der Waals surface area contributed by atoms with E-state index < -0.39 is 18.7 Å². The standard InChI is InChI=1S/C3H4N3O6P/c7-6(8)3-4-1-2-5(3)12-13(9,10)11/h1-2H,(H2,9,10,11). The number of nitro groups is 1. The first kappa shape index (κ1) is 9.65. The minimum absolute atomic E-state index is 0.292. The van der Waals surface area contributed by atoms with E-state index in [-0.39, 0.29) is 0 Å². The highest BCUT2D eigenvalue weighted by Crippen LogP contribution is 2.32. The number of imidazole rings is 1. The molecule has 0 atom stereocenters. The molecular weight excluding hydrogens is 205 g/mol. The van der Waals surface area contributed by atoms with Gasteiger partial charge in [0.25, 0.3) is 0 Å². The maximum absolute atomic E-state index is 10.3. The molecule has 0 aromatic carbocycles. The molecule has 10 heteroatoms. The Morgan fingerprint density at radius 1 is 1.69 bits per heavy atom. The van der Waals surface area contributed by atoms with Gasteiger partial charge in [-0.2, -0.15) is 0 Å². The van der Waals surface area contributed by atoms with Crippen molar-refractivity contribution < 1.29 is 23.9 Å². The van der Waals surface area contributed by atoms with E-state index >= 15 is 0 Å². The fourth-order valence-corrected chi connectivity index (χ4v) is 0.947. The fourth-order valence-electron chi connectivity index (χ4n) is 0.590. The molecule has 1 aromatic rings. The van der Waals surface area contributed by atoms with Crippen LogP contribution < -0.4 is 4.62 Å². The third kappa shape index (κ3) is 2.51. The van der Waals surface area contributed by atoms with E-state index in [0.29, 0.717) is 4.73 Å². The van der Waals surface area contributed by atoms with Crippen LogP contribution in [0.25, 0.3) is 0 Å². The fraction of sp³-hybridized carbons (Fsp3) is 0. The van der Waals surface area contributed by atoms with Crippen molar-refractivity contribution in [2.75, 3.05) is 0 Å². The topological polar surface area (TPSA) is 128 Å². The molecule has 72 valence electrons. The van der Waals surface area contributed by atoms with Crippen LogP contribution in [0.4, 0.5) is 5.95 Å². The summed E-state index contributed by atoms with van der Waals surface area (Å²) in [5.74, 6) is -0.802. The van der Waals surface area contributed by atoms with Crippen LogP contribution in [0.3, 0.4) is 0 Å². The van der Waals surface area contributed by atoms with Crippen LogP contribution in [0.15, 0.2) is 12.4 Å². The number of phosphoric acid groups is 1. The molecular formula is C3H4N3O6P. The van der Waals surface area contributed by atoms with Crippen molar-refractivity contribution in [2.24, 2.45) is 0 Å². The molecule has 0 bridgehead atoms. The van der Waals surface area contributed by atoms with E-state index in [0.717, 1.165) is 12.4 Å². The Labute approximate surface area is 70.9 Å². The highest BCUT2D eigenvalue weighted by atomic mass is 31.2. The lowest BCUT2D eigenvalue weighted by molar-refractivity contribution is -0.400. The summed E-state index contributed by atoms with van der Waals surface area (Å²) in [7, 11) is -4.80. The van der Waals surface area contributed by atoms with Crippen LogP contribution in [-0.2, 0) is 4.57 Å². The maximum atomic E-state index is 10.3. The van der Waals surface area contributed by atoms with Gasteiger partial charge in [0.15, 0.2) is 0 Å². The molecule has 0 aliphatic heterocycles. The van der Waals surface area contributed by atoms with E-state index in [4.69, 9.17) is 9.79 Å². The van der Waals surface area contributed by atoms with Crippen LogP contribution in [0, 0.1) is 10.1 Å². The van der Waals surface area contributed by atoms with Crippen LogP contribution >= 0.6 is 7.82 Å². The molecule has 9 nitrogen and oxygen atoms in total. The summed E-state index contributed by atoms with van der Waals surface area (Å²) in [6.07, 6.45) is 1.89. The van der Waals surface area contributed by atoms with Crippen molar-refractivity contribution in [3.05, 3.63) is 22.5 Å². The summed E-state index contributed by atoms with van der Waals surface area (Å²) in [6, 6.07) is 0. The van der Waals surface area contributed by atoms with Crippen LogP contribution in [-0.4, -0.2) is 24.4 Å². The van der Waals surface area contributed by atoms with Gasteiger partial charge in [0.2, 0.25) is 0 Å². The lowest BCUT2D eigenvalue weighted by Crippen LogP contribution is -2.10. The highest BCUT2D eigenvalue weighted by molar-refractivity contribution is 7.46. The third-order valence-electron chi connectivity index (χ3n) is 0.947. The number of rotatable bonds is 3. The molecule has 2 N–H and O–H groups in total. The smallest absolute Gasteiger partial charge is 0.390 e. The molecule has 1 rings (SSSR count). The van der Waals surface area contributed by atoms with Gasteiger partial charge in [-0.3, -0.25) is 9.79 Å². The van der Waals surface area contributed by atoms with Crippen molar-refractivity contribution in [1.29, 1.82) is 0 Å². The molecule has 0 aliphatic rings. The average Bonchev–Trinajstić information content (AvgIpc) is 2.31. The summed E-state index contributed by atoms with van der Waals surface area (Å²) in [6.45, 7) is 0. The first-order valence-electron chi connectivity index (χ1n) is 2.83. The molecule has 0 spiro atoms. The van der Waals surface area contributed by atoms with Gasteiger partial charge in [0.1, 0.15) is 12.4 Å². The van der Waals surface area contributed by atoms with E-state index in [1.165, 1.54) is 0 Å². The lowest BCUT2D eigenvalue weighted by atomic mass is 11.0. The Balaban J connectivity index is 2.96. The zero-order chi connectivity index (χ0) is 10.1. The number of nitrogens with zero attached hydrogens (tertiary/aromatic N) is 3. The van der Waals surface area contributed by atoms with Crippen molar-refractivity contribution in [2.45, 2.75) is 0 Å². The van der Waals surface area contributed by atoms with Gasteiger partial charge in [0, 0.05) is 0 Å². The zero-order valence-corrected chi connectivity index (χ0v) is 6.87. The summed E-state index contributed by atoms with van der Waals surface area (Å²) in [4.78, 5) is 29.0. The van der Waals surface area contributed by atoms with Gasteiger partial charge in [-0.1, -0.05) is 4.98 Å². The van der Waals surface area contributed by atoms with Crippen LogP contribution in [0.1, 0.15) is 0 Å². The zero-order valence-electron chi connectivity index (χ0n) is 5.97. The maximum Gasteiger partial charge on any atom is 0.555 e. The Hall–Kier alpha value is -1.44. The van der Waals surface area contributed by atoms with Crippen molar-refractivity contribution in [1.82, 2.24) is 9.71 Å². The Morgan fingerprint density at radius 3 is 2.77 bits per heavy atom. The average molecular weight is 209 g/mol. The minimum Gasteiger partial charge on any atom is -0.390 e. The van der Waals surface area contributed by atoms with Crippen LogP contribution in [0.2, 0.25) is 0 Å². The van der Waals surface area contributed by atoms with Gasteiger partial charge in [-0.25, -0.2) is 9.19 Å². The SMILES string of the molecule is O=[N+]([O-])c1nccn1OP(=O)(O)O. The molecule has 0 fully saturated rings. The van der Waals surface area contributed by atoms with E-state index in [1.807, 2.05) is 0 Å². The van der Waals surface area contributed by atoms with E-state index in [1.54, 1.807) is 0 Å². The van der Waals surface area contributed by atoms with Crippen LogP contribution in [0.5, 0.6) is 0 Å². The Bertz CT molecular complexity index is 367. The predicted octanol–water partition coefficient (Wildman–Crippen LogP) is -0.687. The Morgan fingerprint density at radius 2 is 2.31 bits per heavy atom. The predicted molar refractivity (Wildman–Crippen MR) is 37.5 cm³/mol. The quantitative estimate of drug-likeness (QED) is 0.383. The number of aromatic nitrogens is 2. The summed E-state index contributed by atoms with van der Waals surface area (Å²) in [5, 5.41) is 10.2. The van der Waals surface area contributed by atoms with Gasteiger partial charge in [-0.15, -0.1) is 0 Å². The first-order valence-corrected chi connectivity index (χ1v) is 4.36. The van der Waals surface area contributed by atoms with Crippen molar-refractivity contribution >= 4 is 13.8 Å². The number of hydrogen-bond acceptors (Lipinski definition) is 5. The summed E-state index contributed by atoms with van der Waals surface area (Å²) in [5.41, 5.74) is 0. The van der Waals surface area contributed by atoms with Gasteiger partial charge < -0.3 is 10.1 Å². The molecule has 0 radical (unpaired) electrons. The number of hydrogen-bond donors (Lipinski definition) is 2. The summed E-state index contributed by atoms with van der Waals surface area (Å²) < 4.78 is 14.5. The molecule has 0 unspecified atom stereocenters. The third-order valence-corrected chi connectivity index (χ3v) is 1.34. The normalized spacial score (nSPS) is 11.2. The molecule has 1 aromatic heterocycles. The minimum atomic E-state index is -4.80. The molecule has 0 saturated heterocycles. The van der Waals surface area contributed by atoms with Crippen molar-refractivity contribution in [3.63, 3.8) is 0 Å². The largest absolute Gasteiger partial charge is 0.555 e. The van der Waals surface area contributed by atoms with E-state index in [2.05, 4.69) is 9.61 Å². The second kappa shape index (κ2) is 3.13. The van der Waals surface area contributed by atoms with Gasteiger partial charge in [0.05, 0.1) is 0 Å². The van der Waals surface area contributed by atoms with E-state index in [9.17, 15) is 14.7 Å². The highest BCUT2D eigenvalue weighted by Gasteiger charge is 2.24. The first-order chi connectivity index (χ1) is 5.90. The molecule has 0 amide bonds. The molecule has 13 heavy (non-hydrogen) atoms. The Kier molecular flexibility index (Phi) is 2.32. The summed E-state index contributed by atoms with van der Waals surface area (Å²) >= 11 is 0.